The molecule has 8 heteroatoms. The van der Waals surface area contributed by atoms with Crippen LogP contribution >= 0.6 is 0 Å². The van der Waals surface area contributed by atoms with Crippen LogP contribution in [0.2, 0.25) is 0 Å². The van der Waals surface area contributed by atoms with Gasteiger partial charge in [-0.25, -0.2) is 21.6 Å². The monoisotopic (exact) mass is 386 g/mol. The lowest BCUT2D eigenvalue weighted by molar-refractivity contribution is 0.346. The summed E-state index contributed by atoms with van der Waals surface area (Å²) in [4.78, 5) is 0.279. The maximum atomic E-state index is 12.6. The molecule has 1 saturated heterocycles. The van der Waals surface area contributed by atoms with Crippen molar-refractivity contribution in [2.24, 2.45) is 0 Å². The van der Waals surface area contributed by atoms with Crippen LogP contribution in [0.15, 0.2) is 34.1 Å². The molecule has 2 fully saturated rings. The molecule has 25 heavy (non-hydrogen) atoms. The molecule has 0 amide bonds. The van der Waals surface area contributed by atoms with E-state index in [4.69, 9.17) is 0 Å². The van der Waals surface area contributed by atoms with Crippen LogP contribution in [0.1, 0.15) is 51.4 Å². The van der Waals surface area contributed by atoms with E-state index < -0.39 is 20.0 Å². The highest BCUT2D eigenvalue weighted by molar-refractivity contribution is 7.89. The van der Waals surface area contributed by atoms with Crippen molar-refractivity contribution < 1.29 is 16.8 Å². The molecule has 1 aliphatic heterocycles. The van der Waals surface area contributed by atoms with E-state index in [-0.39, 0.29) is 15.8 Å². The Labute approximate surface area is 150 Å². The van der Waals surface area contributed by atoms with Crippen molar-refractivity contribution in [2.75, 3.05) is 13.1 Å². The topological polar surface area (TPSA) is 83.5 Å². The van der Waals surface area contributed by atoms with Gasteiger partial charge in [0.05, 0.1) is 9.79 Å². The van der Waals surface area contributed by atoms with E-state index in [0.717, 1.165) is 51.4 Å². The molecule has 1 heterocycles. The maximum Gasteiger partial charge on any atom is 0.243 e. The van der Waals surface area contributed by atoms with Crippen molar-refractivity contribution in [1.82, 2.24) is 9.03 Å². The van der Waals surface area contributed by atoms with Crippen LogP contribution in [-0.2, 0) is 20.0 Å². The summed E-state index contributed by atoms with van der Waals surface area (Å²) in [6, 6.07) is 5.57. The average Bonchev–Trinajstić information content (AvgIpc) is 2.63. The minimum absolute atomic E-state index is 0.0180. The van der Waals surface area contributed by atoms with Gasteiger partial charge in [-0.1, -0.05) is 25.7 Å². The lowest BCUT2D eigenvalue weighted by Crippen LogP contribution is -2.36. The van der Waals surface area contributed by atoms with Gasteiger partial charge in [0.15, 0.2) is 0 Å². The van der Waals surface area contributed by atoms with Crippen LogP contribution in [0.25, 0.3) is 0 Å². The molecule has 1 aromatic rings. The Hall–Kier alpha value is -0.960. The lowest BCUT2D eigenvalue weighted by Gasteiger charge is -2.26. The fourth-order valence-electron chi connectivity index (χ4n) is 3.55. The second-order valence-corrected chi connectivity index (χ2v) is 10.5. The Kier molecular flexibility index (Phi) is 5.82. The molecule has 0 atom stereocenters. The molecule has 140 valence electrons. The van der Waals surface area contributed by atoms with E-state index in [1.165, 1.54) is 28.6 Å². The number of hydrogen-bond acceptors (Lipinski definition) is 4. The highest BCUT2D eigenvalue weighted by Gasteiger charge is 2.27. The Morgan fingerprint density at radius 2 is 1.28 bits per heavy atom. The number of sulfonamides is 2. The van der Waals surface area contributed by atoms with Gasteiger partial charge < -0.3 is 0 Å². The molecule has 1 aliphatic carbocycles. The van der Waals surface area contributed by atoms with Gasteiger partial charge in [0.1, 0.15) is 0 Å². The summed E-state index contributed by atoms with van der Waals surface area (Å²) < 4.78 is 54.5. The smallest absolute Gasteiger partial charge is 0.208 e. The summed E-state index contributed by atoms with van der Waals surface area (Å²) in [5, 5.41) is 0. The predicted octanol–water partition coefficient (Wildman–Crippen LogP) is 2.47. The van der Waals surface area contributed by atoms with Gasteiger partial charge in [-0.2, -0.15) is 4.31 Å². The summed E-state index contributed by atoms with van der Waals surface area (Å²) in [5.41, 5.74) is 0. The number of nitrogens with zero attached hydrogens (tertiary/aromatic N) is 1. The second kappa shape index (κ2) is 7.73. The van der Waals surface area contributed by atoms with Gasteiger partial charge in [0, 0.05) is 19.1 Å². The number of nitrogens with one attached hydrogen (secondary N) is 1. The molecule has 0 aromatic heterocycles. The molecule has 1 aromatic carbocycles. The zero-order valence-electron chi connectivity index (χ0n) is 14.4. The third-order valence-electron chi connectivity index (χ3n) is 5.01. The number of rotatable bonds is 5. The Bertz CT molecular complexity index is 776. The highest BCUT2D eigenvalue weighted by Crippen LogP contribution is 2.23. The minimum Gasteiger partial charge on any atom is -0.208 e. The Balaban J connectivity index is 1.74. The first-order valence-corrected chi connectivity index (χ1v) is 11.9. The van der Waals surface area contributed by atoms with Crippen molar-refractivity contribution in [1.29, 1.82) is 0 Å². The van der Waals surface area contributed by atoms with Gasteiger partial charge in [-0.05, 0) is 49.9 Å². The summed E-state index contributed by atoms with van der Waals surface area (Å²) in [5.74, 6) is 0. The fraction of sp³-hybridized carbons (Fsp3) is 0.647. The van der Waals surface area contributed by atoms with E-state index in [1.54, 1.807) is 0 Å². The van der Waals surface area contributed by atoms with Crippen molar-refractivity contribution >= 4 is 20.0 Å². The van der Waals surface area contributed by atoms with Gasteiger partial charge in [0.25, 0.3) is 0 Å². The summed E-state index contributed by atoms with van der Waals surface area (Å²) in [6.07, 6.45) is 7.76. The van der Waals surface area contributed by atoms with Crippen LogP contribution in [0.3, 0.4) is 0 Å². The molecule has 0 radical (unpaired) electrons. The van der Waals surface area contributed by atoms with Crippen LogP contribution in [0.4, 0.5) is 0 Å². The number of piperidine rings is 1. The number of benzene rings is 1. The first-order valence-electron chi connectivity index (χ1n) is 9.02. The van der Waals surface area contributed by atoms with Crippen LogP contribution in [0.5, 0.6) is 0 Å². The van der Waals surface area contributed by atoms with E-state index in [9.17, 15) is 16.8 Å². The molecular weight excluding hydrogens is 360 g/mol. The average molecular weight is 387 g/mol. The normalized spacial score (nSPS) is 21.3. The maximum absolute atomic E-state index is 12.6. The minimum atomic E-state index is -3.61. The molecule has 0 spiro atoms. The van der Waals surface area contributed by atoms with E-state index >= 15 is 0 Å². The van der Waals surface area contributed by atoms with Crippen LogP contribution in [-0.4, -0.2) is 40.3 Å². The van der Waals surface area contributed by atoms with Crippen molar-refractivity contribution in [2.45, 2.75) is 67.2 Å². The molecule has 2 aliphatic rings. The third-order valence-corrected chi connectivity index (χ3v) is 8.46. The summed E-state index contributed by atoms with van der Waals surface area (Å²) in [6.45, 7) is 1.07. The first-order chi connectivity index (χ1) is 11.9. The van der Waals surface area contributed by atoms with Crippen molar-refractivity contribution in [3.8, 4) is 0 Å². The second-order valence-electron chi connectivity index (χ2n) is 6.89. The zero-order chi connectivity index (χ0) is 17.9. The Morgan fingerprint density at radius 1 is 0.760 bits per heavy atom. The van der Waals surface area contributed by atoms with E-state index in [2.05, 4.69) is 4.72 Å². The molecule has 1 saturated carbocycles. The third kappa shape index (κ3) is 4.42. The summed E-state index contributed by atoms with van der Waals surface area (Å²) >= 11 is 0. The fourth-order valence-corrected chi connectivity index (χ4v) is 6.38. The molecule has 1 N–H and O–H groups in total. The van der Waals surface area contributed by atoms with Crippen LogP contribution in [0, 0.1) is 0 Å². The zero-order valence-corrected chi connectivity index (χ0v) is 16.0. The standard InChI is InChI=1S/C17H26N2O4S2/c20-24(21,18-15-7-3-1-4-8-15)16-9-11-17(12-10-16)25(22,23)19-13-5-2-6-14-19/h9-12,15,18H,1-8,13-14H2. The summed E-state index contributed by atoms with van der Waals surface area (Å²) in [7, 11) is -7.14. The lowest BCUT2D eigenvalue weighted by atomic mass is 9.96. The Morgan fingerprint density at radius 3 is 1.88 bits per heavy atom. The largest absolute Gasteiger partial charge is 0.243 e. The van der Waals surface area contributed by atoms with Gasteiger partial charge >= 0.3 is 0 Å². The SMILES string of the molecule is O=S(=O)(NC1CCCCC1)c1ccc(S(=O)(=O)N2CCCCC2)cc1. The predicted molar refractivity (Wildman–Crippen MR) is 96.2 cm³/mol. The van der Waals surface area contributed by atoms with Crippen LogP contribution < -0.4 is 4.72 Å². The molecule has 3 rings (SSSR count). The molecule has 0 unspecified atom stereocenters. The van der Waals surface area contributed by atoms with E-state index in [0.29, 0.717) is 13.1 Å². The molecular formula is C17H26N2O4S2. The van der Waals surface area contributed by atoms with Gasteiger partial charge in [-0.15, -0.1) is 0 Å². The highest BCUT2D eigenvalue weighted by atomic mass is 32.2. The quantitative estimate of drug-likeness (QED) is 0.843. The van der Waals surface area contributed by atoms with Gasteiger partial charge in [-0.3, -0.25) is 0 Å². The van der Waals surface area contributed by atoms with E-state index in [1.807, 2.05) is 0 Å². The van der Waals surface area contributed by atoms with Crippen molar-refractivity contribution in [3.05, 3.63) is 24.3 Å². The molecule has 6 nitrogen and oxygen atoms in total. The first kappa shape index (κ1) is 18.8. The number of hydrogen-bond donors (Lipinski definition) is 1. The van der Waals surface area contributed by atoms with Crippen molar-refractivity contribution in [3.63, 3.8) is 0 Å². The van der Waals surface area contributed by atoms with Gasteiger partial charge in [0.2, 0.25) is 20.0 Å². The molecule has 0 bridgehead atoms.